The maximum absolute atomic E-state index is 11.7. The van der Waals surface area contributed by atoms with Crippen LogP contribution in [0.3, 0.4) is 0 Å². The lowest BCUT2D eigenvalue weighted by Crippen LogP contribution is -2.42. The minimum atomic E-state index is -0.231. The summed E-state index contributed by atoms with van der Waals surface area (Å²) in [6, 6.07) is 0.239. The molecule has 2 rings (SSSR count). The van der Waals surface area contributed by atoms with E-state index in [9.17, 15) is 4.79 Å². The summed E-state index contributed by atoms with van der Waals surface area (Å²) in [5, 5.41) is 14.6. The van der Waals surface area contributed by atoms with E-state index in [1.54, 1.807) is 11.1 Å². The molecule has 2 N–H and O–H groups in total. The van der Waals surface area contributed by atoms with E-state index in [-0.39, 0.29) is 12.1 Å². The normalized spacial score (nSPS) is 15.4. The van der Waals surface area contributed by atoms with Crippen LogP contribution in [-0.2, 0) is 4.74 Å². The molecule has 0 atom stereocenters. The summed E-state index contributed by atoms with van der Waals surface area (Å²) in [4.78, 5) is 17.9. The average molecular weight is 336 g/mol. The highest BCUT2D eigenvalue weighted by molar-refractivity contribution is 5.67. The summed E-state index contributed by atoms with van der Waals surface area (Å²) in [7, 11) is 0. The molecule has 1 aliphatic heterocycles. The quantitative estimate of drug-likeness (QED) is 0.789. The fourth-order valence-corrected chi connectivity index (χ4v) is 2.54. The van der Waals surface area contributed by atoms with Crippen molar-refractivity contribution in [2.45, 2.75) is 46.1 Å². The van der Waals surface area contributed by atoms with Crippen molar-refractivity contribution in [3.8, 4) is 0 Å². The second-order valence-electron chi connectivity index (χ2n) is 6.38. The smallest absolute Gasteiger partial charge is 0.409 e. The van der Waals surface area contributed by atoms with Crippen molar-refractivity contribution >= 4 is 17.9 Å². The van der Waals surface area contributed by atoms with Crippen LogP contribution in [0.2, 0.25) is 0 Å². The molecule has 0 aliphatic carbocycles. The van der Waals surface area contributed by atoms with E-state index in [1.165, 1.54) is 0 Å². The first-order valence-electron chi connectivity index (χ1n) is 8.70. The van der Waals surface area contributed by atoms with E-state index in [1.807, 2.05) is 6.92 Å². The van der Waals surface area contributed by atoms with Gasteiger partial charge < -0.3 is 20.3 Å². The van der Waals surface area contributed by atoms with E-state index in [2.05, 4.69) is 39.7 Å². The topological polar surface area (TPSA) is 92.3 Å². The number of nitrogens with one attached hydrogen (secondary N) is 2. The Morgan fingerprint density at radius 2 is 2.17 bits per heavy atom. The van der Waals surface area contributed by atoms with Gasteiger partial charge in [-0.1, -0.05) is 13.8 Å². The van der Waals surface area contributed by atoms with Crippen LogP contribution in [0.5, 0.6) is 0 Å². The molecule has 1 aliphatic rings. The third-order valence-electron chi connectivity index (χ3n) is 3.94. The number of amides is 1. The molecule has 1 amide bonds. The monoisotopic (exact) mass is 336 g/mol. The van der Waals surface area contributed by atoms with Crippen molar-refractivity contribution in [3.05, 3.63) is 6.20 Å². The Morgan fingerprint density at radius 3 is 2.83 bits per heavy atom. The predicted molar refractivity (Wildman–Crippen MR) is 93.0 cm³/mol. The Hall–Kier alpha value is -2.12. The first-order valence-corrected chi connectivity index (χ1v) is 8.70. The largest absolute Gasteiger partial charge is 0.450 e. The molecule has 0 bridgehead atoms. The molecule has 0 spiro atoms. The van der Waals surface area contributed by atoms with Gasteiger partial charge in [-0.05, 0) is 32.1 Å². The Bertz CT molecular complexity index is 517. The minimum Gasteiger partial charge on any atom is -0.450 e. The highest BCUT2D eigenvalue weighted by Crippen LogP contribution is 2.15. The number of nitrogens with zero attached hydrogens (tertiary/aromatic N) is 4. The van der Waals surface area contributed by atoms with E-state index >= 15 is 0 Å². The Morgan fingerprint density at radius 1 is 1.42 bits per heavy atom. The van der Waals surface area contributed by atoms with Crippen LogP contribution in [-0.4, -0.2) is 58.5 Å². The summed E-state index contributed by atoms with van der Waals surface area (Å²) in [6.07, 6.45) is 4.17. The van der Waals surface area contributed by atoms with Crippen molar-refractivity contribution in [3.63, 3.8) is 0 Å². The maximum Gasteiger partial charge on any atom is 0.409 e. The number of rotatable bonds is 7. The number of ether oxygens (including phenoxy) is 1. The fourth-order valence-electron chi connectivity index (χ4n) is 2.54. The molecule has 24 heavy (non-hydrogen) atoms. The summed E-state index contributed by atoms with van der Waals surface area (Å²) < 4.78 is 5.03. The zero-order chi connectivity index (χ0) is 17.4. The molecular formula is C16H28N6O2. The second kappa shape index (κ2) is 9.24. The van der Waals surface area contributed by atoms with Gasteiger partial charge in [0.2, 0.25) is 5.95 Å². The number of carbonyl (C=O) groups excluding carboxylic acids is 1. The molecule has 8 nitrogen and oxygen atoms in total. The number of hydrogen-bond donors (Lipinski definition) is 2. The maximum atomic E-state index is 11.7. The van der Waals surface area contributed by atoms with E-state index in [0.29, 0.717) is 31.6 Å². The minimum absolute atomic E-state index is 0.231. The molecule has 0 unspecified atom stereocenters. The van der Waals surface area contributed by atoms with E-state index in [0.717, 1.165) is 31.6 Å². The first-order chi connectivity index (χ1) is 11.6. The third-order valence-corrected chi connectivity index (χ3v) is 3.94. The number of aromatic nitrogens is 3. The van der Waals surface area contributed by atoms with Crippen molar-refractivity contribution in [1.29, 1.82) is 0 Å². The Kier molecular flexibility index (Phi) is 7.02. The molecule has 1 saturated heterocycles. The molecule has 2 heterocycles. The molecule has 8 heteroatoms. The highest BCUT2D eigenvalue weighted by Gasteiger charge is 2.24. The van der Waals surface area contributed by atoms with Gasteiger partial charge >= 0.3 is 6.09 Å². The van der Waals surface area contributed by atoms with Crippen LogP contribution in [0, 0.1) is 5.92 Å². The zero-order valence-electron chi connectivity index (χ0n) is 14.8. The van der Waals surface area contributed by atoms with Crippen LogP contribution in [0.25, 0.3) is 0 Å². The van der Waals surface area contributed by atoms with Gasteiger partial charge in [0.25, 0.3) is 0 Å². The molecule has 134 valence electrons. The van der Waals surface area contributed by atoms with Gasteiger partial charge in [0.05, 0.1) is 12.8 Å². The zero-order valence-corrected chi connectivity index (χ0v) is 14.8. The number of anilines is 2. The second-order valence-corrected chi connectivity index (χ2v) is 6.38. The van der Waals surface area contributed by atoms with Crippen molar-refractivity contribution in [2.24, 2.45) is 5.92 Å². The summed E-state index contributed by atoms with van der Waals surface area (Å²) in [5.41, 5.74) is 0. The third kappa shape index (κ3) is 5.82. The van der Waals surface area contributed by atoms with Gasteiger partial charge in [-0.15, -0.1) is 5.10 Å². The molecule has 1 aromatic rings. The van der Waals surface area contributed by atoms with Crippen molar-refractivity contribution in [2.75, 3.05) is 36.9 Å². The lowest BCUT2D eigenvalue weighted by atomic mass is 10.1. The summed E-state index contributed by atoms with van der Waals surface area (Å²) >= 11 is 0. The van der Waals surface area contributed by atoms with E-state index < -0.39 is 0 Å². The molecule has 1 fully saturated rings. The van der Waals surface area contributed by atoms with Crippen LogP contribution < -0.4 is 10.6 Å². The summed E-state index contributed by atoms with van der Waals surface area (Å²) in [5.74, 6) is 1.91. The van der Waals surface area contributed by atoms with Gasteiger partial charge in [-0.2, -0.15) is 10.1 Å². The van der Waals surface area contributed by atoms with Crippen LogP contribution in [0.4, 0.5) is 16.6 Å². The standard InChI is InChI=1S/C16H28N6O2/c1-4-24-16(23)22-9-6-13(7-10-22)19-15-20-14(11-18-21-15)17-8-5-12(2)3/h11-13H,4-10H2,1-3H3,(H2,17,19,20,21). The molecule has 0 aromatic carbocycles. The van der Waals surface area contributed by atoms with Crippen molar-refractivity contribution < 1.29 is 9.53 Å². The fraction of sp³-hybridized carbons (Fsp3) is 0.750. The molecule has 0 saturated carbocycles. The number of likely N-dealkylation sites (tertiary alicyclic amines) is 1. The molecular weight excluding hydrogens is 308 g/mol. The van der Waals surface area contributed by atoms with Crippen LogP contribution in [0.1, 0.15) is 40.0 Å². The van der Waals surface area contributed by atoms with Gasteiger partial charge in [-0.3, -0.25) is 0 Å². The van der Waals surface area contributed by atoms with Crippen LogP contribution >= 0.6 is 0 Å². The van der Waals surface area contributed by atoms with E-state index in [4.69, 9.17) is 4.74 Å². The Balaban J connectivity index is 1.79. The summed E-state index contributed by atoms with van der Waals surface area (Å²) in [6.45, 7) is 8.83. The number of piperidine rings is 1. The first kappa shape index (κ1) is 18.2. The predicted octanol–water partition coefficient (Wildman–Crippen LogP) is 2.36. The lowest BCUT2D eigenvalue weighted by Gasteiger charge is -2.31. The van der Waals surface area contributed by atoms with Gasteiger partial charge in [0.1, 0.15) is 5.82 Å². The average Bonchev–Trinajstić information content (AvgIpc) is 2.56. The molecule has 0 radical (unpaired) electrons. The SMILES string of the molecule is CCOC(=O)N1CCC(Nc2nncc(NCCC(C)C)n2)CC1. The van der Waals surface area contributed by atoms with Crippen LogP contribution in [0.15, 0.2) is 6.20 Å². The van der Waals surface area contributed by atoms with Gasteiger partial charge in [0, 0.05) is 25.7 Å². The van der Waals surface area contributed by atoms with Gasteiger partial charge in [-0.25, -0.2) is 4.79 Å². The Labute approximate surface area is 143 Å². The lowest BCUT2D eigenvalue weighted by molar-refractivity contribution is 0.0983. The number of carbonyl (C=O) groups is 1. The van der Waals surface area contributed by atoms with Crippen molar-refractivity contribution in [1.82, 2.24) is 20.1 Å². The highest BCUT2D eigenvalue weighted by atomic mass is 16.6. The number of hydrogen-bond acceptors (Lipinski definition) is 7. The molecule has 1 aromatic heterocycles. The van der Waals surface area contributed by atoms with Gasteiger partial charge in [0.15, 0.2) is 0 Å².